The largest absolute Gasteiger partial charge is 0.348 e. The van der Waals surface area contributed by atoms with Crippen LogP contribution in [0.1, 0.15) is 48.0 Å². The van der Waals surface area contributed by atoms with Gasteiger partial charge in [-0.15, -0.1) is 0 Å². The fourth-order valence-electron chi connectivity index (χ4n) is 2.59. The predicted octanol–water partition coefficient (Wildman–Crippen LogP) is 2.90. The van der Waals surface area contributed by atoms with E-state index in [1.54, 1.807) is 11.3 Å². The highest BCUT2D eigenvalue weighted by Gasteiger charge is 2.25. The molecule has 2 heterocycles. The second-order valence-corrected chi connectivity index (χ2v) is 6.20. The maximum absolute atomic E-state index is 11.8. The number of aryl methyl sites for hydroxylation is 1. The van der Waals surface area contributed by atoms with E-state index in [1.165, 1.54) is 12.8 Å². The van der Waals surface area contributed by atoms with Gasteiger partial charge in [0.05, 0.1) is 10.6 Å². The molecule has 3 rings (SSSR count). The van der Waals surface area contributed by atoms with Gasteiger partial charge in [0.15, 0.2) is 10.9 Å². The summed E-state index contributed by atoms with van der Waals surface area (Å²) in [7, 11) is 0. The van der Waals surface area contributed by atoms with Crippen molar-refractivity contribution in [1.82, 2.24) is 4.98 Å². The molecule has 4 heteroatoms. The number of carbonyl (C=O) groups excluding carboxylic acids is 1. The lowest BCUT2D eigenvalue weighted by molar-refractivity contribution is 0.0976. The van der Waals surface area contributed by atoms with Gasteiger partial charge in [-0.25, -0.2) is 4.98 Å². The molecule has 0 amide bonds. The smallest absolute Gasteiger partial charge is 0.186 e. The summed E-state index contributed by atoms with van der Waals surface area (Å²) in [6.45, 7) is 4.51. The third-order valence-electron chi connectivity index (χ3n) is 3.81. The number of aromatic nitrogens is 1. The zero-order valence-electron chi connectivity index (χ0n) is 10.2. The van der Waals surface area contributed by atoms with E-state index in [0.717, 1.165) is 47.6 Å². The van der Waals surface area contributed by atoms with Crippen molar-refractivity contribution in [1.29, 1.82) is 0 Å². The van der Waals surface area contributed by atoms with Crippen molar-refractivity contribution < 1.29 is 4.79 Å². The maximum atomic E-state index is 11.8. The van der Waals surface area contributed by atoms with Crippen LogP contribution in [0.5, 0.6) is 0 Å². The number of anilines is 1. The monoisotopic (exact) mass is 250 g/mol. The minimum Gasteiger partial charge on any atom is -0.348 e. The summed E-state index contributed by atoms with van der Waals surface area (Å²) in [5.74, 6) is 1.14. The predicted molar refractivity (Wildman–Crippen MR) is 70.0 cm³/mol. The van der Waals surface area contributed by atoms with Crippen LogP contribution >= 0.6 is 11.3 Å². The second kappa shape index (κ2) is 4.41. The van der Waals surface area contributed by atoms with Crippen LogP contribution in [-0.2, 0) is 6.42 Å². The van der Waals surface area contributed by atoms with Gasteiger partial charge >= 0.3 is 0 Å². The summed E-state index contributed by atoms with van der Waals surface area (Å²) < 4.78 is 0. The van der Waals surface area contributed by atoms with Gasteiger partial charge in [-0.3, -0.25) is 4.79 Å². The molecule has 1 aromatic rings. The van der Waals surface area contributed by atoms with E-state index in [1.807, 2.05) is 0 Å². The zero-order chi connectivity index (χ0) is 11.8. The molecule has 0 saturated carbocycles. The van der Waals surface area contributed by atoms with E-state index < -0.39 is 0 Å². The quantitative estimate of drug-likeness (QED) is 0.768. The van der Waals surface area contributed by atoms with Gasteiger partial charge in [0, 0.05) is 19.5 Å². The first kappa shape index (κ1) is 11.2. The Balaban J connectivity index is 1.82. The van der Waals surface area contributed by atoms with Gasteiger partial charge in [-0.05, 0) is 31.6 Å². The molecule has 1 aliphatic carbocycles. The molecule has 1 fully saturated rings. The first-order valence-electron chi connectivity index (χ1n) is 6.52. The summed E-state index contributed by atoms with van der Waals surface area (Å²) in [6, 6.07) is 0. The van der Waals surface area contributed by atoms with Gasteiger partial charge in [-0.2, -0.15) is 0 Å². The van der Waals surface area contributed by atoms with Crippen molar-refractivity contribution in [3.05, 3.63) is 10.6 Å². The number of carbonyl (C=O) groups is 1. The summed E-state index contributed by atoms with van der Waals surface area (Å²) in [4.78, 5) is 19.8. The SMILES string of the molecule is CC1CCN(c2nc3c(s2)C(=O)CCC3)CC1. The minimum atomic E-state index is 0.306. The molecule has 0 bridgehead atoms. The highest BCUT2D eigenvalue weighted by molar-refractivity contribution is 7.17. The number of ketones is 1. The molecule has 0 unspecified atom stereocenters. The molecule has 0 spiro atoms. The number of rotatable bonds is 1. The Hall–Kier alpha value is -0.900. The van der Waals surface area contributed by atoms with Crippen molar-refractivity contribution in [3.8, 4) is 0 Å². The van der Waals surface area contributed by atoms with Crippen LogP contribution in [0.15, 0.2) is 0 Å². The van der Waals surface area contributed by atoms with Gasteiger partial charge in [-0.1, -0.05) is 18.3 Å². The maximum Gasteiger partial charge on any atom is 0.186 e. The Bertz CT molecular complexity index is 433. The average molecular weight is 250 g/mol. The Morgan fingerprint density at radius 3 is 2.76 bits per heavy atom. The Kier molecular flexibility index (Phi) is 2.90. The summed E-state index contributed by atoms with van der Waals surface area (Å²) >= 11 is 1.62. The number of fused-ring (bicyclic) bond motifs is 1. The highest BCUT2D eigenvalue weighted by atomic mass is 32.1. The van der Waals surface area contributed by atoms with Crippen LogP contribution < -0.4 is 4.90 Å². The third kappa shape index (κ3) is 2.10. The van der Waals surface area contributed by atoms with Crippen molar-refractivity contribution in [2.45, 2.75) is 39.0 Å². The van der Waals surface area contributed by atoms with Crippen LogP contribution in [0.4, 0.5) is 5.13 Å². The lowest BCUT2D eigenvalue weighted by atomic mass is 10.00. The van der Waals surface area contributed by atoms with E-state index >= 15 is 0 Å². The Morgan fingerprint density at radius 2 is 2.06 bits per heavy atom. The Morgan fingerprint density at radius 1 is 1.29 bits per heavy atom. The van der Waals surface area contributed by atoms with E-state index in [0.29, 0.717) is 12.2 Å². The number of Topliss-reactive ketones (excluding diaryl/α,β-unsaturated/α-hetero) is 1. The van der Waals surface area contributed by atoms with Crippen LogP contribution in [0.2, 0.25) is 0 Å². The van der Waals surface area contributed by atoms with Crippen molar-refractivity contribution in [2.75, 3.05) is 18.0 Å². The average Bonchev–Trinajstić information content (AvgIpc) is 2.75. The number of hydrogen-bond acceptors (Lipinski definition) is 4. The van der Waals surface area contributed by atoms with Gasteiger partial charge in [0.2, 0.25) is 0 Å². The standard InChI is InChI=1S/C13H18N2OS/c1-9-5-7-15(8-6-9)13-14-10-3-2-4-11(16)12(10)17-13/h9H,2-8H2,1H3. The van der Waals surface area contributed by atoms with Crippen molar-refractivity contribution >= 4 is 22.3 Å². The van der Waals surface area contributed by atoms with Crippen molar-refractivity contribution in [3.63, 3.8) is 0 Å². The van der Waals surface area contributed by atoms with E-state index in [9.17, 15) is 4.79 Å². The van der Waals surface area contributed by atoms with Crippen LogP contribution in [-0.4, -0.2) is 23.9 Å². The summed E-state index contributed by atoms with van der Waals surface area (Å²) in [5, 5.41) is 1.08. The molecule has 2 aliphatic rings. The number of piperidine rings is 1. The Labute approximate surface area is 106 Å². The van der Waals surface area contributed by atoms with Crippen LogP contribution in [0, 0.1) is 5.92 Å². The number of hydrogen-bond donors (Lipinski definition) is 0. The normalized spacial score (nSPS) is 21.7. The molecule has 1 aromatic heterocycles. The van der Waals surface area contributed by atoms with Gasteiger partial charge in [0.1, 0.15) is 0 Å². The molecule has 3 nitrogen and oxygen atoms in total. The molecule has 0 atom stereocenters. The molecule has 17 heavy (non-hydrogen) atoms. The fraction of sp³-hybridized carbons (Fsp3) is 0.692. The number of nitrogens with zero attached hydrogens (tertiary/aromatic N) is 2. The molecule has 92 valence electrons. The molecule has 0 radical (unpaired) electrons. The zero-order valence-corrected chi connectivity index (χ0v) is 11.1. The molecule has 1 aliphatic heterocycles. The second-order valence-electron chi connectivity index (χ2n) is 5.22. The minimum absolute atomic E-state index is 0.306. The van der Waals surface area contributed by atoms with Gasteiger partial charge in [0.25, 0.3) is 0 Å². The lowest BCUT2D eigenvalue weighted by Crippen LogP contribution is -2.32. The molecule has 1 saturated heterocycles. The van der Waals surface area contributed by atoms with E-state index in [-0.39, 0.29) is 0 Å². The van der Waals surface area contributed by atoms with Crippen molar-refractivity contribution in [2.24, 2.45) is 5.92 Å². The molecular weight excluding hydrogens is 232 g/mol. The molecular formula is C13H18N2OS. The highest BCUT2D eigenvalue weighted by Crippen LogP contribution is 2.33. The topological polar surface area (TPSA) is 33.2 Å². The first-order valence-corrected chi connectivity index (χ1v) is 7.33. The first-order chi connectivity index (χ1) is 8.24. The van der Waals surface area contributed by atoms with Crippen LogP contribution in [0.25, 0.3) is 0 Å². The third-order valence-corrected chi connectivity index (χ3v) is 5.01. The van der Waals surface area contributed by atoms with Gasteiger partial charge < -0.3 is 4.90 Å². The summed E-state index contributed by atoms with van der Waals surface area (Å²) in [5.41, 5.74) is 1.06. The molecule has 0 aromatic carbocycles. The van der Waals surface area contributed by atoms with E-state index in [4.69, 9.17) is 0 Å². The van der Waals surface area contributed by atoms with Crippen LogP contribution in [0.3, 0.4) is 0 Å². The van der Waals surface area contributed by atoms with E-state index in [2.05, 4.69) is 16.8 Å². The summed E-state index contributed by atoms with van der Waals surface area (Å²) in [6.07, 6.45) is 5.18. The lowest BCUT2D eigenvalue weighted by Gasteiger charge is -2.29. The fourth-order valence-corrected chi connectivity index (χ4v) is 3.72. The molecule has 0 N–H and O–H groups in total. The number of thiazole rings is 1.